The molecule has 0 radical (unpaired) electrons. The van der Waals surface area contributed by atoms with Crippen LogP contribution in [-0.2, 0) is 23.9 Å². The van der Waals surface area contributed by atoms with Gasteiger partial charge in [-0.05, 0) is 68.3 Å². The van der Waals surface area contributed by atoms with Gasteiger partial charge in [-0.25, -0.2) is 15.0 Å². The van der Waals surface area contributed by atoms with E-state index < -0.39 is 17.7 Å². The first-order valence-electron chi connectivity index (χ1n) is 14.5. The lowest BCUT2D eigenvalue weighted by Gasteiger charge is -2.37. The van der Waals surface area contributed by atoms with Crippen LogP contribution in [0.2, 0.25) is 0 Å². The Morgan fingerprint density at radius 1 is 1.09 bits per heavy atom. The standard InChI is InChI=1S/C31H36F3N5O3S.CH4/c1-19-11-21(13-22(12-19)31(32,33)34)28-25(17-38-8-4-7-30(2,3)18-38)43-27(37-28)14-24(40)23-15-36-26(16-35-23)39-9-5-20(6-10-39)29(41)42;/h11-13,15-16,20H,4-10,14,17-18H2,1-3H3,(H,41,42);1H4. The van der Waals surface area contributed by atoms with Crippen molar-refractivity contribution in [2.75, 3.05) is 31.1 Å². The van der Waals surface area contributed by atoms with Crippen LogP contribution in [-0.4, -0.2) is 62.9 Å². The van der Waals surface area contributed by atoms with Crippen molar-refractivity contribution in [3.05, 3.63) is 57.3 Å². The Kier molecular flexibility index (Phi) is 10.1. The van der Waals surface area contributed by atoms with Crippen LogP contribution >= 0.6 is 11.3 Å². The summed E-state index contributed by atoms with van der Waals surface area (Å²) in [4.78, 5) is 43.0. The number of aliphatic carboxylic acids is 1. The smallest absolute Gasteiger partial charge is 0.416 e. The maximum Gasteiger partial charge on any atom is 0.416 e. The van der Waals surface area contributed by atoms with Gasteiger partial charge in [-0.2, -0.15) is 13.2 Å². The van der Waals surface area contributed by atoms with Gasteiger partial charge in [0.2, 0.25) is 0 Å². The Bertz CT molecular complexity index is 1480. The average Bonchev–Trinajstić information content (AvgIpc) is 3.33. The molecule has 2 saturated heterocycles. The second-order valence-corrected chi connectivity index (χ2v) is 13.6. The van der Waals surface area contributed by atoms with E-state index in [1.807, 2.05) is 4.90 Å². The van der Waals surface area contributed by atoms with Crippen LogP contribution in [0.25, 0.3) is 11.3 Å². The molecular weight excluding hydrogens is 591 g/mol. The monoisotopic (exact) mass is 631 g/mol. The minimum atomic E-state index is -4.48. The van der Waals surface area contributed by atoms with Crippen molar-refractivity contribution in [3.8, 4) is 11.3 Å². The number of halogens is 3. The van der Waals surface area contributed by atoms with Crippen LogP contribution in [0.5, 0.6) is 0 Å². The van der Waals surface area contributed by atoms with E-state index in [1.54, 1.807) is 13.0 Å². The Hall–Kier alpha value is -3.38. The summed E-state index contributed by atoms with van der Waals surface area (Å²) in [6, 6.07) is 3.98. The van der Waals surface area contributed by atoms with Gasteiger partial charge in [-0.3, -0.25) is 14.5 Å². The lowest BCUT2D eigenvalue weighted by Crippen LogP contribution is -2.39. The molecule has 0 bridgehead atoms. The Balaban J connectivity index is 0.00000442. The SMILES string of the molecule is C.Cc1cc(-c2nc(CC(=O)c3cnc(N4CCC(C(=O)O)CC4)cn3)sc2CN2CCCC(C)(C)C2)cc(C(F)(F)F)c1. The maximum absolute atomic E-state index is 13.7. The number of thiazole rings is 1. The van der Waals surface area contributed by atoms with Gasteiger partial charge < -0.3 is 10.0 Å². The molecule has 8 nitrogen and oxygen atoms in total. The summed E-state index contributed by atoms with van der Waals surface area (Å²) in [7, 11) is 0. The number of hydrogen-bond donors (Lipinski definition) is 1. The molecule has 2 fully saturated rings. The molecule has 44 heavy (non-hydrogen) atoms. The molecule has 1 aromatic carbocycles. The molecule has 4 heterocycles. The molecule has 0 amide bonds. The van der Waals surface area contributed by atoms with Crippen LogP contribution in [0.4, 0.5) is 19.0 Å². The largest absolute Gasteiger partial charge is 0.481 e. The molecule has 1 N–H and O–H groups in total. The van der Waals surface area contributed by atoms with E-state index in [0.29, 0.717) is 60.1 Å². The third-order valence-electron chi connectivity index (χ3n) is 8.17. The number of carboxylic acids is 1. The minimum absolute atomic E-state index is 0. The van der Waals surface area contributed by atoms with Crippen molar-refractivity contribution in [2.24, 2.45) is 11.3 Å². The van der Waals surface area contributed by atoms with Crippen molar-refractivity contribution in [3.63, 3.8) is 0 Å². The van der Waals surface area contributed by atoms with E-state index in [2.05, 4.69) is 28.7 Å². The summed E-state index contributed by atoms with van der Waals surface area (Å²) in [5.74, 6) is -0.846. The zero-order valence-electron chi connectivity index (χ0n) is 24.6. The van der Waals surface area contributed by atoms with E-state index >= 15 is 0 Å². The fourth-order valence-electron chi connectivity index (χ4n) is 5.99. The van der Waals surface area contributed by atoms with E-state index in [9.17, 15) is 27.9 Å². The predicted molar refractivity (Wildman–Crippen MR) is 165 cm³/mol. The van der Waals surface area contributed by atoms with Gasteiger partial charge in [0.25, 0.3) is 0 Å². The number of likely N-dealkylation sites (tertiary alicyclic amines) is 1. The summed E-state index contributed by atoms with van der Waals surface area (Å²) in [5, 5.41) is 9.74. The van der Waals surface area contributed by atoms with Crippen LogP contribution < -0.4 is 4.90 Å². The summed E-state index contributed by atoms with van der Waals surface area (Å²) < 4.78 is 41.0. The molecule has 0 saturated carbocycles. The highest BCUT2D eigenvalue weighted by molar-refractivity contribution is 7.12. The molecular formula is C32H40F3N5O3S. The lowest BCUT2D eigenvalue weighted by molar-refractivity contribution is -0.142. The molecule has 0 atom stereocenters. The quantitative estimate of drug-likeness (QED) is 0.268. The predicted octanol–water partition coefficient (Wildman–Crippen LogP) is 6.91. The second kappa shape index (κ2) is 13.3. The maximum atomic E-state index is 13.7. The number of aromatic nitrogens is 3. The highest BCUT2D eigenvalue weighted by atomic mass is 32.1. The first-order chi connectivity index (χ1) is 20.3. The van der Waals surface area contributed by atoms with Gasteiger partial charge in [0.15, 0.2) is 5.78 Å². The van der Waals surface area contributed by atoms with Crippen molar-refractivity contribution >= 4 is 28.9 Å². The van der Waals surface area contributed by atoms with Gasteiger partial charge in [0.05, 0.1) is 36.0 Å². The minimum Gasteiger partial charge on any atom is -0.481 e. The fraction of sp³-hybridized carbons (Fsp3) is 0.531. The van der Waals surface area contributed by atoms with Crippen LogP contribution in [0.15, 0.2) is 30.6 Å². The van der Waals surface area contributed by atoms with E-state index in [4.69, 9.17) is 4.98 Å². The lowest BCUT2D eigenvalue weighted by atomic mass is 9.84. The molecule has 0 aliphatic carbocycles. The van der Waals surface area contributed by atoms with Gasteiger partial charge in [-0.1, -0.05) is 21.3 Å². The number of piperidine rings is 2. The van der Waals surface area contributed by atoms with Gasteiger partial charge in [-0.15, -0.1) is 11.3 Å². The number of carboxylic acid groups (broad SMARTS) is 1. The van der Waals surface area contributed by atoms with Crippen LogP contribution in [0.3, 0.4) is 0 Å². The number of anilines is 1. The molecule has 5 rings (SSSR count). The number of alkyl halides is 3. The highest BCUT2D eigenvalue weighted by Gasteiger charge is 2.32. The van der Waals surface area contributed by atoms with Gasteiger partial charge in [0.1, 0.15) is 16.5 Å². The first kappa shape index (κ1) is 33.5. The summed E-state index contributed by atoms with van der Waals surface area (Å²) >= 11 is 1.36. The summed E-state index contributed by atoms with van der Waals surface area (Å²) in [6.07, 6.45) is 1.62. The number of benzene rings is 1. The fourth-order valence-corrected chi connectivity index (χ4v) is 7.12. The Morgan fingerprint density at radius 3 is 2.43 bits per heavy atom. The van der Waals surface area contributed by atoms with Crippen molar-refractivity contribution in [2.45, 2.75) is 73.0 Å². The Morgan fingerprint density at radius 2 is 1.82 bits per heavy atom. The number of carbonyl (C=O) groups is 2. The average molecular weight is 632 g/mol. The number of nitrogens with zero attached hydrogens (tertiary/aromatic N) is 5. The zero-order chi connectivity index (χ0) is 30.9. The molecule has 3 aromatic rings. The van der Waals surface area contributed by atoms with Crippen molar-refractivity contribution in [1.29, 1.82) is 0 Å². The third kappa shape index (κ3) is 8.01. The van der Waals surface area contributed by atoms with Crippen LogP contribution in [0.1, 0.15) is 78.5 Å². The van der Waals surface area contributed by atoms with Crippen molar-refractivity contribution in [1.82, 2.24) is 19.9 Å². The van der Waals surface area contributed by atoms with E-state index in [0.717, 1.165) is 42.9 Å². The first-order valence-corrected chi connectivity index (χ1v) is 15.3. The topological polar surface area (TPSA) is 99.5 Å². The molecule has 0 spiro atoms. The molecule has 2 aliphatic heterocycles. The second-order valence-electron chi connectivity index (χ2n) is 12.4. The third-order valence-corrected chi connectivity index (χ3v) is 9.21. The van der Waals surface area contributed by atoms with Gasteiger partial charge >= 0.3 is 12.1 Å². The number of rotatable bonds is 8. The normalized spacial score (nSPS) is 17.7. The zero-order valence-corrected chi connectivity index (χ0v) is 25.4. The molecule has 238 valence electrons. The molecule has 12 heteroatoms. The number of hydrogen-bond acceptors (Lipinski definition) is 8. The number of Topliss-reactive ketones (excluding diaryl/α,β-unsaturated/α-hetero) is 1. The number of aryl methyl sites for hydroxylation is 1. The van der Waals surface area contributed by atoms with E-state index in [-0.39, 0.29) is 36.7 Å². The summed E-state index contributed by atoms with van der Waals surface area (Å²) in [5.41, 5.74) is 0.964. The Labute approximate surface area is 260 Å². The highest BCUT2D eigenvalue weighted by Crippen LogP contribution is 2.37. The van der Waals surface area contributed by atoms with Gasteiger partial charge in [0, 0.05) is 36.6 Å². The molecule has 0 unspecified atom stereocenters. The number of ketones is 1. The summed E-state index contributed by atoms with van der Waals surface area (Å²) in [6.45, 7) is 9.49. The molecule has 2 aliphatic rings. The molecule has 2 aromatic heterocycles. The number of carbonyl (C=O) groups excluding carboxylic acids is 1. The van der Waals surface area contributed by atoms with Crippen LogP contribution in [0, 0.1) is 18.3 Å². The van der Waals surface area contributed by atoms with E-state index in [1.165, 1.54) is 23.7 Å². The van der Waals surface area contributed by atoms with Crippen molar-refractivity contribution < 1.29 is 27.9 Å².